The van der Waals surface area contributed by atoms with Crippen LogP contribution in [0.4, 0.5) is 0 Å². The molecule has 0 aliphatic carbocycles. The lowest BCUT2D eigenvalue weighted by Gasteiger charge is -2.34. The molecule has 2 amide bonds. The molecule has 3 unspecified atom stereocenters. The summed E-state index contributed by atoms with van der Waals surface area (Å²) in [7, 11) is 3.94. The van der Waals surface area contributed by atoms with Crippen molar-refractivity contribution in [3.05, 3.63) is 65.7 Å². The fraction of sp³-hybridized carbons (Fsp3) is 0.417. The molecule has 0 saturated carbocycles. The third-order valence-electron chi connectivity index (χ3n) is 5.36. The zero-order chi connectivity index (χ0) is 22.4. The van der Waals surface area contributed by atoms with Crippen LogP contribution in [-0.2, 0) is 22.6 Å². The minimum absolute atomic E-state index is 0.134. The number of carbonyl (C=O) groups is 2. The number of amides is 2. The molecule has 3 N–H and O–H groups in total. The van der Waals surface area contributed by atoms with Crippen LogP contribution >= 0.6 is 0 Å². The largest absolute Gasteiger partial charge is 0.491 e. The third-order valence-corrected chi connectivity index (χ3v) is 5.36. The van der Waals surface area contributed by atoms with Gasteiger partial charge in [0, 0.05) is 25.1 Å². The Morgan fingerprint density at radius 3 is 2.52 bits per heavy atom. The van der Waals surface area contributed by atoms with Gasteiger partial charge in [0.05, 0.1) is 12.1 Å². The Hall–Kier alpha value is -2.90. The van der Waals surface area contributed by atoms with Crippen LogP contribution in [0.1, 0.15) is 18.1 Å². The number of nitrogens with two attached hydrogens (primary N) is 1. The normalized spacial score (nSPS) is 17.8. The molecule has 0 bridgehead atoms. The lowest BCUT2D eigenvalue weighted by molar-refractivity contribution is -0.139. The second-order valence-corrected chi connectivity index (χ2v) is 8.34. The maximum absolute atomic E-state index is 13.8. The summed E-state index contributed by atoms with van der Waals surface area (Å²) >= 11 is 0. The van der Waals surface area contributed by atoms with Crippen LogP contribution in [0, 0.1) is 0 Å². The molecule has 31 heavy (non-hydrogen) atoms. The zero-order valence-corrected chi connectivity index (χ0v) is 18.5. The van der Waals surface area contributed by atoms with Gasteiger partial charge in [0.15, 0.2) is 0 Å². The number of nitrogens with zero attached hydrogens (tertiary/aromatic N) is 2. The Morgan fingerprint density at radius 2 is 1.84 bits per heavy atom. The molecule has 0 aromatic heterocycles. The minimum atomic E-state index is -0.712. The summed E-state index contributed by atoms with van der Waals surface area (Å²) in [6.45, 7) is 3.08. The molecule has 0 spiro atoms. The molecule has 7 nitrogen and oxygen atoms in total. The molecule has 0 radical (unpaired) electrons. The Morgan fingerprint density at radius 1 is 1.16 bits per heavy atom. The molecule has 7 heteroatoms. The molecule has 1 aliphatic heterocycles. The van der Waals surface area contributed by atoms with Crippen molar-refractivity contribution in [1.29, 1.82) is 0 Å². The Bertz CT molecular complexity index is 885. The molecular weight excluding hydrogens is 392 g/mol. The van der Waals surface area contributed by atoms with Crippen molar-refractivity contribution in [1.82, 2.24) is 15.1 Å². The molecule has 166 valence electrons. The number of likely N-dealkylation sites (N-methyl/N-ethyl adjacent to an activating group) is 1. The number of carbonyl (C=O) groups excluding carboxylic acids is 2. The van der Waals surface area contributed by atoms with Gasteiger partial charge in [0.2, 0.25) is 11.8 Å². The fourth-order valence-electron chi connectivity index (χ4n) is 3.75. The van der Waals surface area contributed by atoms with Gasteiger partial charge in [-0.3, -0.25) is 9.59 Å². The first kappa shape index (κ1) is 22.8. The van der Waals surface area contributed by atoms with Gasteiger partial charge in [0.1, 0.15) is 18.4 Å². The molecule has 2 aromatic rings. The van der Waals surface area contributed by atoms with Crippen LogP contribution in [0.2, 0.25) is 0 Å². The maximum atomic E-state index is 13.8. The quantitative estimate of drug-likeness (QED) is 0.702. The third kappa shape index (κ3) is 6.06. The molecule has 2 aromatic carbocycles. The van der Waals surface area contributed by atoms with Crippen molar-refractivity contribution in [2.24, 2.45) is 5.73 Å². The lowest BCUT2D eigenvalue weighted by Crippen LogP contribution is -2.56. The second-order valence-electron chi connectivity index (χ2n) is 8.34. The van der Waals surface area contributed by atoms with E-state index in [9.17, 15) is 9.59 Å². The number of hydrogen-bond acceptors (Lipinski definition) is 5. The summed E-state index contributed by atoms with van der Waals surface area (Å²) in [5.41, 5.74) is 7.70. The molecule has 0 saturated heterocycles. The fourth-order valence-corrected chi connectivity index (χ4v) is 3.75. The van der Waals surface area contributed by atoms with Gasteiger partial charge in [-0.15, -0.1) is 0 Å². The van der Waals surface area contributed by atoms with Gasteiger partial charge in [-0.25, -0.2) is 0 Å². The van der Waals surface area contributed by atoms with Gasteiger partial charge in [0.25, 0.3) is 0 Å². The Balaban J connectivity index is 1.91. The summed E-state index contributed by atoms with van der Waals surface area (Å²) in [6.07, 6.45) is 0.395. The molecule has 0 fully saturated rings. The number of hydrogen-bond donors (Lipinski definition) is 2. The summed E-state index contributed by atoms with van der Waals surface area (Å²) < 4.78 is 6.03. The van der Waals surface area contributed by atoms with Crippen molar-refractivity contribution in [2.75, 3.05) is 27.2 Å². The number of nitrogens with one attached hydrogen (secondary N) is 1. The predicted octanol–water partition coefficient (Wildman–Crippen LogP) is 1.41. The molecule has 1 heterocycles. The van der Waals surface area contributed by atoms with E-state index < -0.39 is 12.1 Å². The van der Waals surface area contributed by atoms with Crippen LogP contribution in [0.5, 0.6) is 5.75 Å². The van der Waals surface area contributed by atoms with Crippen molar-refractivity contribution >= 4 is 11.8 Å². The molecule has 3 atom stereocenters. The first-order valence-corrected chi connectivity index (χ1v) is 10.6. The highest BCUT2D eigenvalue weighted by atomic mass is 16.5. The average molecular weight is 425 g/mol. The molecule has 3 rings (SSSR count). The van der Waals surface area contributed by atoms with Crippen molar-refractivity contribution in [3.63, 3.8) is 0 Å². The van der Waals surface area contributed by atoms with Crippen LogP contribution in [0.15, 0.2) is 54.6 Å². The van der Waals surface area contributed by atoms with E-state index in [0.717, 1.165) is 16.9 Å². The van der Waals surface area contributed by atoms with E-state index in [-0.39, 0.29) is 17.9 Å². The highest BCUT2D eigenvalue weighted by Crippen LogP contribution is 2.26. The van der Waals surface area contributed by atoms with E-state index in [1.807, 2.05) is 78.5 Å². The van der Waals surface area contributed by atoms with Crippen LogP contribution in [0.25, 0.3) is 0 Å². The second kappa shape index (κ2) is 10.4. The van der Waals surface area contributed by atoms with Crippen molar-refractivity contribution < 1.29 is 14.3 Å². The number of fused-ring (bicyclic) bond motifs is 1. The first-order valence-electron chi connectivity index (χ1n) is 10.6. The van der Waals surface area contributed by atoms with Gasteiger partial charge in [-0.2, -0.15) is 0 Å². The zero-order valence-electron chi connectivity index (χ0n) is 18.5. The topological polar surface area (TPSA) is 87.9 Å². The van der Waals surface area contributed by atoms with Crippen molar-refractivity contribution in [2.45, 2.75) is 38.0 Å². The van der Waals surface area contributed by atoms with E-state index in [0.29, 0.717) is 26.1 Å². The molecular formula is C24H32N4O3. The average Bonchev–Trinajstić information content (AvgIpc) is 2.92. The summed E-state index contributed by atoms with van der Waals surface area (Å²) in [6, 6.07) is 15.9. The van der Waals surface area contributed by atoms with Gasteiger partial charge in [-0.05, 0) is 32.6 Å². The maximum Gasteiger partial charge on any atom is 0.246 e. The molecule has 1 aliphatic rings. The predicted molar refractivity (Wildman–Crippen MR) is 121 cm³/mol. The smallest absolute Gasteiger partial charge is 0.246 e. The lowest BCUT2D eigenvalue weighted by atomic mass is 10.0. The summed E-state index contributed by atoms with van der Waals surface area (Å²) in [4.78, 5) is 30.1. The highest BCUT2D eigenvalue weighted by molar-refractivity contribution is 5.90. The SMILES string of the molecule is CC(N)C(=O)NC(Cc1ccccc1)C(=O)N1Cc2ccccc2OCC1CN(C)C. The van der Waals surface area contributed by atoms with Gasteiger partial charge < -0.3 is 25.6 Å². The Labute approximate surface area is 184 Å². The van der Waals surface area contributed by atoms with Gasteiger partial charge >= 0.3 is 0 Å². The van der Waals surface area contributed by atoms with Crippen molar-refractivity contribution in [3.8, 4) is 5.75 Å². The summed E-state index contributed by atoms with van der Waals surface area (Å²) in [5.74, 6) is 0.315. The van der Waals surface area contributed by atoms with E-state index in [1.54, 1.807) is 6.92 Å². The van der Waals surface area contributed by atoms with E-state index in [1.165, 1.54) is 0 Å². The standard InChI is InChI=1S/C24H32N4O3/c1-17(25)23(29)26-21(13-18-9-5-4-6-10-18)24(30)28-14-19-11-7-8-12-22(19)31-16-20(28)15-27(2)3/h4-12,17,20-21H,13-16,25H2,1-3H3,(H,26,29). The number of rotatable bonds is 7. The van der Waals surface area contributed by atoms with Crippen LogP contribution in [-0.4, -0.2) is 67.0 Å². The van der Waals surface area contributed by atoms with Gasteiger partial charge in [-0.1, -0.05) is 48.5 Å². The highest BCUT2D eigenvalue weighted by Gasteiger charge is 2.34. The monoisotopic (exact) mass is 424 g/mol. The van der Waals surface area contributed by atoms with Crippen LogP contribution < -0.4 is 15.8 Å². The van der Waals surface area contributed by atoms with E-state index in [4.69, 9.17) is 10.5 Å². The number of benzene rings is 2. The van der Waals surface area contributed by atoms with E-state index in [2.05, 4.69) is 5.32 Å². The minimum Gasteiger partial charge on any atom is -0.491 e. The Kier molecular flexibility index (Phi) is 7.65. The summed E-state index contributed by atoms with van der Waals surface area (Å²) in [5, 5.41) is 2.87. The van der Waals surface area contributed by atoms with E-state index >= 15 is 0 Å². The number of para-hydroxylation sites is 1. The first-order chi connectivity index (χ1) is 14.8. The van der Waals surface area contributed by atoms with Crippen LogP contribution in [0.3, 0.4) is 0 Å². The number of ether oxygens (including phenoxy) is 1.